The number of hydrogen-bond acceptors (Lipinski definition) is 7. The van der Waals surface area contributed by atoms with Crippen LogP contribution < -0.4 is 14.7 Å². The first-order valence-corrected chi connectivity index (χ1v) is 17.3. The fourth-order valence-electron chi connectivity index (χ4n) is 6.97. The quantitative estimate of drug-likeness (QED) is 0.184. The van der Waals surface area contributed by atoms with E-state index in [2.05, 4.69) is 9.97 Å². The van der Waals surface area contributed by atoms with Gasteiger partial charge in [-0.15, -0.1) is 0 Å². The van der Waals surface area contributed by atoms with Crippen molar-refractivity contribution in [3.63, 3.8) is 0 Å². The van der Waals surface area contributed by atoms with E-state index in [0.29, 0.717) is 75.7 Å². The lowest BCUT2D eigenvalue weighted by atomic mass is 9.80. The van der Waals surface area contributed by atoms with Crippen LogP contribution in [0.15, 0.2) is 48.8 Å². The summed E-state index contributed by atoms with van der Waals surface area (Å²) in [6.07, 6.45) is -9.20. The van der Waals surface area contributed by atoms with Gasteiger partial charge in [-0.3, -0.25) is 4.79 Å². The summed E-state index contributed by atoms with van der Waals surface area (Å²) in [5.74, 6) is -0.830. The Morgan fingerprint density at radius 2 is 1.36 bits per heavy atom. The van der Waals surface area contributed by atoms with Gasteiger partial charge in [-0.1, -0.05) is 0 Å². The summed E-state index contributed by atoms with van der Waals surface area (Å²) in [6, 6.07) is 4.37. The Bertz CT molecular complexity index is 1650. The van der Waals surface area contributed by atoms with Crippen LogP contribution in [0.2, 0.25) is 0 Å². The van der Waals surface area contributed by atoms with Crippen molar-refractivity contribution in [2.75, 3.05) is 54.1 Å². The molecule has 2 aliphatic rings. The average molecular weight is 762 g/mol. The van der Waals surface area contributed by atoms with Crippen LogP contribution in [0.1, 0.15) is 66.8 Å². The molecule has 0 radical (unpaired) electrons. The third-order valence-electron chi connectivity index (χ3n) is 9.70. The van der Waals surface area contributed by atoms with Crippen molar-refractivity contribution < 1.29 is 54.2 Å². The van der Waals surface area contributed by atoms with Crippen LogP contribution in [0.25, 0.3) is 0 Å². The van der Waals surface area contributed by atoms with E-state index < -0.39 is 59.8 Å². The van der Waals surface area contributed by atoms with Crippen molar-refractivity contribution in [1.82, 2.24) is 9.97 Å². The Balaban J connectivity index is 1.53. The van der Waals surface area contributed by atoms with Crippen LogP contribution in [0.5, 0.6) is 0 Å². The van der Waals surface area contributed by atoms with Crippen LogP contribution >= 0.6 is 0 Å². The second-order valence-corrected chi connectivity index (χ2v) is 13.5. The average Bonchev–Trinajstić information content (AvgIpc) is 3.10. The Morgan fingerprint density at radius 1 is 0.792 bits per heavy atom. The van der Waals surface area contributed by atoms with Crippen molar-refractivity contribution in [3.05, 3.63) is 76.6 Å². The number of carboxylic acids is 1. The number of alkyl halides is 9. The molecule has 2 fully saturated rings. The Labute approximate surface area is 300 Å². The van der Waals surface area contributed by atoms with Gasteiger partial charge >= 0.3 is 24.5 Å². The van der Waals surface area contributed by atoms with E-state index in [1.807, 2.05) is 16.7 Å². The number of nitrogens with zero attached hydrogens (tertiary/aromatic N) is 5. The molecule has 53 heavy (non-hydrogen) atoms. The number of hydrogen-bond donors (Lipinski definition) is 1. The maximum atomic E-state index is 14.1. The minimum Gasteiger partial charge on any atom is -0.481 e. The van der Waals surface area contributed by atoms with Crippen molar-refractivity contribution in [2.45, 2.75) is 70.6 Å². The van der Waals surface area contributed by atoms with Crippen molar-refractivity contribution in [2.24, 2.45) is 11.8 Å². The number of carboxylic acid groups (broad SMARTS) is 1. The third kappa shape index (κ3) is 10.7. The van der Waals surface area contributed by atoms with Crippen LogP contribution in [0.3, 0.4) is 0 Å². The number of aromatic nitrogens is 2. The molecule has 17 heteroatoms. The van der Waals surface area contributed by atoms with Gasteiger partial charge in [-0.05, 0) is 92.0 Å². The normalized spacial score (nSPS) is 18.6. The van der Waals surface area contributed by atoms with E-state index in [9.17, 15) is 49.4 Å². The molecule has 1 saturated carbocycles. The van der Waals surface area contributed by atoms with E-state index >= 15 is 0 Å². The van der Waals surface area contributed by atoms with Gasteiger partial charge in [0.2, 0.25) is 5.95 Å². The molecule has 1 N–H and O–H groups in total. The van der Waals surface area contributed by atoms with Gasteiger partial charge in [-0.2, -0.15) is 39.5 Å². The lowest BCUT2D eigenvalue weighted by Gasteiger charge is -2.35. The smallest absolute Gasteiger partial charge is 0.416 e. The first-order valence-electron chi connectivity index (χ1n) is 17.3. The molecule has 0 amide bonds. The third-order valence-corrected chi connectivity index (χ3v) is 9.70. The number of benzene rings is 2. The van der Waals surface area contributed by atoms with E-state index in [0.717, 1.165) is 25.0 Å². The number of carbonyl (C=O) groups is 1. The zero-order valence-electron chi connectivity index (χ0n) is 28.9. The van der Waals surface area contributed by atoms with Gasteiger partial charge in [0, 0.05) is 51.4 Å². The van der Waals surface area contributed by atoms with Gasteiger partial charge in [0.15, 0.2) is 0 Å². The fraction of sp³-hybridized carbons (Fsp3) is 0.528. The van der Waals surface area contributed by atoms with Crippen LogP contribution in [0, 0.1) is 11.8 Å². The lowest BCUT2D eigenvalue weighted by Crippen LogP contribution is -2.36. The summed E-state index contributed by atoms with van der Waals surface area (Å²) < 4.78 is 131. The van der Waals surface area contributed by atoms with Gasteiger partial charge in [-0.25, -0.2) is 9.97 Å². The standard InChI is InChI=1S/C36H40F9N5O3/c1-2-48(20-24-5-3-23(4-6-24)15-32(51)52)31-8-7-27(34(37,38)39)16-26(31)22-50(33-46-18-30(19-47-33)49-9-11-53-12-10-49)21-25-13-28(35(40,41)42)17-29(14-25)36(43,44)45/h7-8,13-14,16-19,23-24H,2-6,9-12,15,20-22H2,1H3,(H,51,52). The first-order chi connectivity index (χ1) is 24.9. The van der Waals surface area contributed by atoms with E-state index in [4.69, 9.17) is 4.74 Å². The van der Waals surface area contributed by atoms with E-state index in [1.54, 1.807) is 0 Å². The summed E-state index contributed by atoms with van der Waals surface area (Å²) >= 11 is 0. The molecule has 0 unspecified atom stereocenters. The predicted molar refractivity (Wildman–Crippen MR) is 178 cm³/mol. The fourth-order valence-corrected chi connectivity index (χ4v) is 6.97. The second-order valence-electron chi connectivity index (χ2n) is 13.5. The monoisotopic (exact) mass is 761 g/mol. The molecule has 1 saturated heterocycles. The minimum absolute atomic E-state index is 0.0145. The highest BCUT2D eigenvalue weighted by molar-refractivity contribution is 5.67. The first kappa shape index (κ1) is 39.9. The number of anilines is 3. The highest BCUT2D eigenvalue weighted by atomic mass is 19.4. The maximum Gasteiger partial charge on any atom is 0.416 e. The summed E-state index contributed by atoms with van der Waals surface area (Å²) in [6.45, 7) is 3.60. The molecule has 1 aliphatic heterocycles. The van der Waals surface area contributed by atoms with Gasteiger partial charge in [0.1, 0.15) is 0 Å². The number of rotatable bonds is 12. The Kier molecular flexibility index (Phi) is 12.3. The van der Waals surface area contributed by atoms with Crippen molar-refractivity contribution in [3.8, 4) is 0 Å². The topological polar surface area (TPSA) is 82.0 Å². The molecule has 290 valence electrons. The molecule has 0 atom stereocenters. The largest absolute Gasteiger partial charge is 0.481 e. The molecule has 3 aromatic rings. The molecular formula is C36H40F9N5O3. The van der Waals surface area contributed by atoms with Gasteiger partial charge < -0.3 is 24.5 Å². The number of aliphatic carboxylic acids is 1. The minimum atomic E-state index is -5.11. The van der Waals surface area contributed by atoms with Crippen LogP contribution in [-0.2, 0) is 41.1 Å². The van der Waals surface area contributed by atoms with E-state index in [1.165, 1.54) is 23.4 Å². The highest BCUT2D eigenvalue weighted by Gasteiger charge is 2.37. The molecule has 1 aliphatic carbocycles. The SMILES string of the molecule is CCN(CC1CCC(CC(=O)O)CC1)c1ccc(C(F)(F)F)cc1CN(Cc1cc(C(F)(F)F)cc(C(F)(F)F)c1)c1ncc(N2CCOCC2)cn1. The zero-order valence-corrected chi connectivity index (χ0v) is 28.9. The lowest BCUT2D eigenvalue weighted by molar-refractivity contribution is -0.143. The predicted octanol–water partition coefficient (Wildman–Crippen LogP) is 8.68. The second kappa shape index (κ2) is 16.4. The molecule has 8 nitrogen and oxygen atoms in total. The van der Waals surface area contributed by atoms with Crippen molar-refractivity contribution in [1.29, 1.82) is 0 Å². The number of morpholine rings is 1. The molecule has 1 aromatic heterocycles. The van der Waals surface area contributed by atoms with Crippen LogP contribution in [-0.4, -0.2) is 60.4 Å². The summed E-state index contributed by atoms with van der Waals surface area (Å²) in [4.78, 5) is 25.1. The zero-order chi connectivity index (χ0) is 38.6. The molecular weight excluding hydrogens is 721 g/mol. The van der Waals surface area contributed by atoms with Crippen LogP contribution in [0.4, 0.5) is 56.8 Å². The number of ether oxygens (including phenoxy) is 1. The Hall–Kier alpha value is -4.28. The summed E-state index contributed by atoms with van der Waals surface area (Å²) in [5.41, 5.74) is -3.32. The highest BCUT2D eigenvalue weighted by Crippen LogP contribution is 2.39. The molecule has 2 aromatic carbocycles. The maximum absolute atomic E-state index is 14.1. The summed E-state index contributed by atoms with van der Waals surface area (Å²) in [5, 5.41) is 9.19. The van der Waals surface area contributed by atoms with Gasteiger partial charge in [0.25, 0.3) is 0 Å². The summed E-state index contributed by atoms with van der Waals surface area (Å²) in [7, 11) is 0. The van der Waals surface area contributed by atoms with Gasteiger partial charge in [0.05, 0.1) is 48.0 Å². The molecule has 5 rings (SSSR count). The van der Waals surface area contributed by atoms with E-state index in [-0.39, 0.29) is 35.8 Å². The van der Waals surface area contributed by atoms with Crippen molar-refractivity contribution >= 4 is 23.3 Å². The molecule has 2 heterocycles. The molecule has 0 spiro atoms. The Morgan fingerprint density at radius 3 is 1.89 bits per heavy atom. The molecule has 0 bridgehead atoms. The number of halogens is 9.